The fourth-order valence-corrected chi connectivity index (χ4v) is 10.6. The fraction of sp³-hybridized carbons (Fsp3) is 0.766. The molecule has 368 valence electrons. The zero-order chi connectivity index (χ0) is 48.6. The molecule has 19 unspecified atom stereocenters. The van der Waals surface area contributed by atoms with Crippen molar-refractivity contribution >= 4 is 29.9 Å². The number of aliphatic hydroxyl groups is 3. The van der Waals surface area contributed by atoms with Gasteiger partial charge in [0, 0.05) is 43.2 Å². The van der Waals surface area contributed by atoms with Crippen LogP contribution >= 0.6 is 0 Å². The Bertz CT molecular complexity index is 1850. The molecule has 0 radical (unpaired) electrons. The third-order valence-electron chi connectivity index (χ3n) is 14.4. The number of esters is 1. The van der Waals surface area contributed by atoms with Crippen LogP contribution in [0.1, 0.15) is 100 Å². The second kappa shape index (κ2) is 20.4. The molecular formula is C47H74N2O16. The monoisotopic (exact) mass is 923 g/mol. The number of hydrogen-bond donors (Lipinski definition) is 5. The lowest BCUT2D eigenvalue weighted by atomic mass is 9.75. The molecule has 18 heteroatoms. The summed E-state index contributed by atoms with van der Waals surface area (Å²) in [4.78, 5) is 39.3. The van der Waals surface area contributed by atoms with Crippen LogP contribution in [-0.2, 0) is 52.2 Å². The normalized spacial score (nSPS) is 44.7. The van der Waals surface area contributed by atoms with Crippen molar-refractivity contribution in [3.05, 3.63) is 35.9 Å². The average Bonchev–Trinajstić information content (AvgIpc) is 3.68. The molecule has 5 aliphatic heterocycles. The fourth-order valence-electron chi connectivity index (χ4n) is 10.6. The molecular weight excluding hydrogens is 849 g/mol. The van der Waals surface area contributed by atoms with Crippen LogP contribution in [0.15, 0.2) is 30.3 Å². The highest BCUT2D eigenvalue weighted by Gasteiger charge is 2.67. The third kappa shape index (κ3) is 11.0. The zero-order valence-electron chi connectivity index (χ0n) is 40.2. The van der Waals surface area contributed by atoms with Gasteiger partial charge in [0.05, 0.1) is 47.5 Å². The third-order valence-corrected chi connectivity index (χ3v) is 14.4. The molecule has 6 rings (SSSR count). The number of aliphatic hydroxyl groups excluding tert-OH is 2. The van der Waals surface area contributed by atoms with Gasteiger partial charge in [0.25, 0.3) is 0 Å². The number of likely N-dealkylation sites (N-methyl/N-ethyl adjacent to an activating group) is 1. The van der Waals surface area contributed by atoms with Gasteiger partial charge in [-0.15, -0.1) is 0 Å². The van der Waals surface area contributed by atoms with Crippen molar-refractivity contribution < 1.29 is 77.4 Å². The Balaban J connectivity index is 0.000000572. The van der Waals surface area contributed by atoms with Crippen molar-refractivity contribution in [3.8, 4) is 0 Å². The molecule has 2 bridgehead atoms. The number of anilines is 1. The van der Waals surface area contributed by atoms with E-state index in [0.29, 0.717) is 12.1 Å². The lowest BCUT2D eigenvalue weighted by Gasteiger charge is -2.49. The summed E-state index contributed by atoms with van der Waals surface area (Å²) in [6.45, 7) is 17.9. The highest BCUT2D eigenvalue weighted by molar-refractivity contribution is 5.85. The number of carboxylic acid groups (broad SMARTS) is 1. The van der Waals surface area contributed by atoms with Gasteiger partial charge in [-0.25, -0.2) is 9.59 Å². The Morgan fingerprint density at radius 2 is 1.68 bits per heavy atom. The number of cyclic esters (lactones) is 1. The maximum absolute atomic E-state index is 14.4. The highest BCUT2D eigenvalue weighted by atomic mass is 16.8. The van der Waals surface area contributed by atoms with Gasteiger partial charge in [-0.2, -0.15) is 0 Å². The van der Waals surface area contributed by atoms with Crippen molar-refractivity contribution in [2.24, 2.45) is 23.7 Å². The summed E-state index contributed by atoms with van der Waals surface area (Å²) in [5, 5.41) is 43.5. The summed E-state index contributed by atoms with van der Waals surface area (Å²) < 4.78 is 56.5. The van der Waals surface area contributed by atoms with E-state index in [4.69, 9.17) is 53.5 Å². The number of methoxy groups -OCH3 is 1. The number of fused-ring (bicyclic) bond motifs is 3. The molecule has 5 fully saturated rings. The van der Waals surface area contributed by atoms with Crippen molar-refractivity contribution in [3.63, 3.8) is 0 Å². The Labute approximate surface area is 382 Å². The van der Waals surface area contributed by atoms with Crippen LogP contribution in [0.2, 0.25) is 0 Å². The highest BCUT2D eigenvalue weighted by Crippen LogP contribution is 2.53. The van der Waals surface area contributed by atoms with E-state index in [-0.39, 0.29) is 31.4 Å². The first-order valence-corrected chi connectivity index (χ1v) is 22.7. The van der Waals surface area contributed by atoms with Gasteiger partial charge in [-0.1, -0.05) is 39.8 Å². The van der Waals surface area contributed by atoms with Gasteiger partial charge in [0.1, 0.15) is 18.3 Å². The summed E-state index contributed by atoms with van der Waals surface area (Å²) in [5.74, 6) is -6.47. The SMILES string of the molecule is CCC1OC(=O)C(C)C(OC2CC(C)(OC)C(O)C(C)O2)C(C)C(OC2OC(C)CC(N(C)C)C2O)C2(C)CC(C)C(O)(O2)C(C)C2OC(=O)OC12C.Nc1cccc(/C=C/C(=O)O)c1. The largest absolute Gasteiger partial charge is 0.509 e. The van der Waals surface area contributed by atoms with Crippen molar-refractivity contribution in [2.75, 3.05) is 26.9 Å². The van der Waals surface area contributed by atoms with Crippen LogP contribution in [0, 0.1) is 23.7 Å². The number of ether oxygens (including phenoxy) is 9. The molecule has 18 nitrogen and oxygen atoms in total. The Morgan fingerprint density at radius 1 is 1.00 bits per heavy atom. The predicted molar refractivity (Wildman–Crippen MR) is 236 cm³/mol. The first-order valence-electron chi connectivity index (χ1n) is 22.7. The predicted octanol–water partition coefficient (Wildman–Crippen LogP) is 4.49. The molecule has 5 heterocycles. The number of aliphatic carboxylic acids is 1. The molecule has 65 heavy (non-hydrogen) atoms. The molecule has 6 N–H and O–H groups in total. The van der Waals surface area contributed by atoms with Crippen LogP contribution in [0.3, 0.4) is 0 Å². The minimum absolute atomic E-state index is 0.144. The van der Waals surface area contributed by atoms with E-state index in [0.717, 1.165) is 11.6 Å². The molecule has 5 aliphatic rings. The van der Waals surface area contributed by atoms with E-state index >= 15 is 0 Å². The van der Waals surface area contributed by atoms with Gasteiger partial charge >= 0.3 is 18.1 Å². The Morgan fingerprint density at radius 3 is 2.28 bits per heavy atom. The average molecular weight is 923 g/mol. The van der Waals surface area contributed by atoms with Crippen LogP contribution in [0.5, 0.6) is 0 Å². The number of nitrogen functional groups attached to an aromatic ring is 1. The van der Waals surface area contributed by atoms with Gasteiger partial charge in [0.15, 0.2) is 30.1 Å². The van der Waals surface area contributed by atoms with Crippen LogP contribution in [0.4, 0.5) is 10.5 Å². The number of benzene rings is 1. The van der Waals surface area contributed by atoms with Crippen LogP contribution < -0.4 is 5.73 Å². The standard InChI is InChI=1S/C38H65NO14.C9H9NO2/c1-14-25-37(10)31(51-34(43)52-37)22(6)38(44)18(2)16-36(9,53-38)30(50-33-27(40)24(39(11)12)15-19(3)46-33)20(4)28(21(5)32(42)48-25)49-26-17-35(8,45-13)29(41)23(7)47-26;10-8-3-1-2-7(6-8)4-5-9(11)12/h18-31,33,40-41,44H,14-17H2,1-13H3;1-6H,10H2,(H,11,12)/b;5-4+. The molecule has 0 aliphatic carbocycles. The van der Waals surface area contributed by atoms with Gasteiger partial charge in [-0.05, 0) is 98.7 Å². The minimum atomic E-state index is -1.86. The molecule has 19 atom stereocenters. The quantitative estimate of drug-likeness (QED) is 0.130. The second-order valence-electron chi connectivity index (χ2n) is 19.6. The van der Waals surface area contributed by atoms with Gasteiger partial charge in [-0.3, -0.25) is 4.79 Å². The van der Waals surface area contributed by atoms with Gasteiger partial charge < -0.3 is 73.7 Å². The first kappa shape index (κ1) is 52.5. The first-order chi connectivity index (χ1) is 30.2. The van der Waals surface area contributed by atoms with Crippen molar-refractivity contribution in [1.29, 1.82) is 0 Å². The number of rotatable bonds is 9. The van der Waals surface area contributed by atoms with Crippen molar-refractivity contribution in [1.82, 2.24) is 4.90 Å². The Hall–Kier alpha value is -3.43. The molecule has 1 aromatic rings. The maximum atomic E-state index is 14.4. The van der Waals surface area contributed by atoms with E-state index in [9.17, 15) is 29.7 Å². The maximum Gasteiger partial charge on any atom is 0.509 e. The Kier molecular flexibility index (Phi) is 16.5. The van der Waals surface area contributed by atoms with Crippen LogP contribution in [-0.4, -0.2) is 155 Å². The number of carbonyl (C=O) groups excluding carboxylic acids is 2. The summed E-state index contributed by atoms with van der Waals surface area (Å²) >= 11 is 0. The summed E-state index contributed by atoms with van der Waals surface area (Å²) in [6.07, 6.45) is -5.99. The molecule has 0 spiro atoms. The summed E-state index contributed by atoms with van der Waals surface area (Å²) in [6, 6.07) is 6.74. The lowest BCUT2D eigenvalue weighted by Crippen LogP contribution is -2.60. The van der Waals surface area contributed by atoms with E-state index < -0.39 is 120 Å². The summed E-state index contributed by atoms with van der Waals surface area (Å²) in [7, 11) is 5.29. The second-order valence-corrected chi connectivity index (χ2v) is 19.6. The molecule has 5 saturated heterocycles. The van der Waals surface area contributed by atoms with E-state index in [1.54, 1.807) is 58.9 Å². The van der Waals surface area contributed by atoms with Gasteiger partial charge in [0.2, 0.25) is 0 Å². The molecule has 1 aromatic carbocycles. The topological polar surface area (TPSA) is 244 Å². The lowest BCUT2D eigenvalue weighted by molar-refractivity contribution is -0.337. The van der Waals surface area contributed by atoms with Crippen LogP contribution in [0.25, 0.3) is 6.08 Å². The van der Waals surface area contributed by atoms with E-state index in [1.165, 1.54) is 13.2 Å². The smallest absolute Gasteiger partial charge is 0.478 e. The minimum Gasteiger partial charge on any atom is -0.478 e. The number of carboxylic acids is 1. The number of hydrogen-bond acceptors (Lipinski definition) is 17. The van der Waals surface area contributed by atoms with E-state index in [2.05, 4.69) is 0 Å². The number of nitrogens with zero attached hydrogens (tertiary/aromatic N) is 1. The number of carbonyl (C=O) groups is 3. The molecule has 0 amide bonds. The molecule has 0 saturated carbocycles. The number of nitrogens with two attached hydrogens (primary N) is 1. The zero-order valence-corrected chi connectivity index (χ0v) is 40.2. The summed E-state index contributed by atoms with van der Waals surface area (Å²) in [5.41, 5.74) is 3.15. The molecule has 0 aromatic heterocycles. The van der Waals surface area contributed by atoms with E-state index in [1.807, 2.05) is 53.6 Å². The van der Waals surface area contributed by atoms with Crippen molar-refractivity contribution in [2.45, 2.75) is 185 Å².